The van der Waals surface area contributed by atoms with Crippen LogP contribution >= 0.6 is 0 Å². The van der Waals surface area contributed by atoms with Gasteiger partial charge in [0.25, 0.3) is 0 Å². The van der Waals surface area contributed by atoms with Crippen molar-refractivity contribution < 1.29 is 14.3 Å². The molecule has 2 aromatic heterocycles. The summed E-state index contributed by atoms with van der Waals surface area (Å²) in [6.45, 7) is 1.81. The minimum absolute atomic E-state index is 0.00606. The fraction of sp³-hybridized carbons (Fsp3) is 0.120. The van der Waals surface area contributed by atoms with Crippen molar-refractivity contribution in [3.8, 4) is 5.75 Å². The molecular weight excluding hydrogens is 406 g/mol. The molecule has 1 N–H and O–H groups in total. The van der Waals surface area contributed by atoms with Gasteiger partial charge in [-0.15, -0.1) is 0 Å². The van der Waals surface area contributed by atoms with Crippen molar-refractivity contribution in [3.05, 3.63) is 100 Å². The molecule has 2 heterocycles. The number of aryl methyl sites for hydroxylation is 1. The maximum Gasteiger partial charge on any atom is 0.244 e. The Hall–Kier alpha value is -4.26. The molecule has 0 aliphatic carbocycles. The third kappa shape index (κ3) is 4.27. The molecule has 0 unspecified atom stereocenters. The number of nitrogens with one attached hydrogen (secondary N) is 1. The van der Waals surface area contributed by atoms with Crippen LogP contribution in [0, 0.1) is 6.92 Å². The first-order valence-electron chi connectivity index (χ1n) is 9.98. The van der Waals surface area contributed by atoms with Gasteiger partial charge >= 0.3 is 0 Å². The number of ketones is 1. The molecule has 7 heteroatoms. The van der Waals surface area contributed by atoms with Crippen LogP contribution < -0.4 is 15.5 Å². The van der Waals surface area contributed by atoms with Crippen LogP contribution in [0.1, 0.15) is 21.5 Å². The first-order chi connectivity index (χ1) is 15.5. The van der Waals surface area contributed by atoms with Gasteiger partial charge in [0.05, 0.1) is 18.2 Å². The zero-order valence-corrected chi connectivity index (χ0v) is 17.7. The number of aromatic nitrogens is 2. The number of fused-ring (bicyclic) bond motifs is 1. The van der Waals surface area contributed by atoms with E-state index in [1.807, 2.05) is 13.0 Å². The molecule has 4 rings (SSSR count). The normalized spacial score (nSPS) is 10.7. The lowest BCUT2D eigenvalue weighted by atomic mass is 10.0. The number of amides is 1. The zero-order valence-electron chi connectivity index (χ0n) is 17.7. The second-order valence-electron chi connectivity index (χ2n) is 7.36. The molecular formula is C25H21N3O4. The minimum atomic E-state index is -0.412. The van der Waals surface area contributed by atoms with Crippen LogP contribution in [0.5, 0.6) is 5.75 Å². The smallest absolute Gasteiger partial charge is 0.244 e. The zero-order chi connectivity index (χ0) is 22.7. The lowest BCUT2D eigenvalue weighted by molar-refractivity contribution is -0.116. The predicted octanol–water partition coefficient (Wildman–Crippen LogP) is 3.58. The van der Waals surface area contributed by atoms with E-state index in [2.05, 4.69) is 10.3 Å². The number of hydrogen-bond donors (Lipinski definition) is 1. The van der Waals surface area contributed by atoms with Crippen molar-refractivity contribution in [1.82, 2.24) is 9.55 Å². The Balaban J connectivity index is 1.72. The number of methoxy groups -OCH3 is 1. The van der Waals surface area contributed by atoms with E-state index in [1.54, 1.807) is 60.2 Å². The number of hydrogen-bond acceptors (Lipinski definition) is 5. The molecule has 1 amide bonds. The Bertz CT molecular complexity index is 1360. The molecule has 0 saturated heterocycles. The first kappa shape index (κ1) is 21.0. The highest BCUT2D eigenvalue weighted by Crippen LogP contribution is 2.18. The molecule has 0 aliphatic heterocycles. The van der Waals surface area contributed by atoms with E-state index in [0.29, 0.717) is 27.9 Å². The molecule has 32 heavy (non-hydrogen) atoms. The van der Waals surface area contributed by atoms with Crippen molar-refractivity contribution in [3.63, 3.8) is 0 Å². The van der Waals surface area contributed by atoms with E-state index in [-0.39, 0.29) is 23.4 Å². The summed E-state index contributed by atoms with van der Waals surface area (Å²) in [5, 5.41) is 3.22. The van der Waals surface area contributed by atoms with Crippen LogP contribution in [0.25, 0.3) is 10.9 Å². The summed E-state index contributed by atoms with van der Waals surface area (Å²) in [7, 11) is 1.57. The number of nitrogens with zero attached hydrogens (tertiary/aromatic N) is 2. The first-order valence-corrected chi connectivity index (χ1v) is 9.98. The molecule has 0 atom stereocenters. The van der Waals surface area contributed by atoms with Crippen molar-refractivity contribution in [1.29, 1.82) is 0 Å². The van der Waals surface area contributed by atoms with Gasteiger partial charge in [-0.1, -0.05) is 11.6 Å². The molecule has 160 valence electrons. The van der Waals surface area contributed by atoms with Crippen molar-refractivity contribution in [2.24, 2.45) is 0 Å². The third-order valence-electron chi connectivity index (χ3n) is 5.11. The number of pyridine rings is 2. The molecule has 7 nitrogen and oxygen atoms in total. The van der Waals surface area contributed by atoms with Crippen molar-refractivity contribution >= 4 is 28.3 Å². The Kier molecular flexibility index (Phi) is 5.81. The Labute approximate surface area is 184 Å². The Morgan fingerprint density at radius 3 is 2.44 bits per heavy atom. The van der Waals surface area contributed by atoms with Gasteiger partial charge in [0.2, 0.25) is 11.3 Å². The molecule has 0 spiro atoms. The van der Waals surface area contributed by atoms with Gasteiger partial charge in [-0.25, -0.2) is 0 Å². The molecule has 0 saturated carbocycles. The number of rotatable bonds is 6. The topological polar surface area (TPSA) is 90.3 Å². The van der Waals surface area contributed by atoms with E-state index >= 15 is 0 Å². The quantitative estimate of drug-likeness (QED) is 0.475. The highest BCUT2D eigenvalue weighted by atomic mass is 16.5. The number of ether oxygens (including phenoxy) is 1. The van der Waals surface area contributed by atoms with Gasteiger partial charge < -0.3 is 14.6 Å². The highest BCUT2D eigenvalue weighted by Gasteiger charge is 2.18. The average Bonchev–Trinajstić information content (AvgIpc) is 2.81. The molecule has 0 radical (unpaired) electrons. The average molecular weight is 427 g/mol. The van der Waals surface area contributed by atoms with Gasteiger partial charge in [0, 0.05) is 35.2 Å². The lowest BCUT2D eigenvalue weighted by Crippen LogP contribution is -2.24. The molecule has 0 bridgehead atoms. The van der Waals surface area contributed by atoms with Gasteiger partial charge in [0.15, 0.2) is 5.78 Å². The maximum atomic E-state index is 13.1. The highest BCUT2D eigenvalue weighted by molar-refractivity contribution is 6.10. The van der Waals surface area contributed by atoms with Gasteiger partial charge in [-0.05, 0) is 55.5 Å². The predicted molar refractivity (Wildman–Crippen MR) is 122 cm³/mol. The summed E-state index contributed by atoms with van der Waals surface area (Å²) in [5.74, 6) is -0.0165. The van der Waals surface area contributed by atoms with Gasteiger partial charge in [0.1, 0.15) is 12.3 Å². The van der Waals surface area contributed by atoms with Crippen molar-refractivity contribution in [2.45, 2.75) is 13.5 Å². The van der Waals surface area contributed by atoms with Crippen LogP contribution in [0.15, 0.2) is 78.0 Å². The minimum Gasteiger partial charge on any atom is -0.497 e. The van der Waals surface area contributed by atoms with E-state index in [9.17, 15) is 14.4 Å². The fourth-order valence-corrected chi connectivity index (χ4v) is 3.49. The van der Waals surface area contributed by atoms with E-state index < -0.39 is 5.78 Å². The van der Waals surface area contributed by atoms with Crippen LogP contribution in [-0.2, 0) is 11.3 Å². The summed E-state index contributed by atoms with van der Waals surface area (Å²) >= 11 is 0. The second-order valence-corrected chi connectivity index (χ2v) is 7.36. The Morgan fingerprint density at radius 1 is 1.03 bits per heavy atom. The fourth-order valence-electron chi connectivity index (χ4n) is 3.49. The largest absolute Gasteiger partial charge is 0.497 e. The lowest BCUT2D eigenvalue weighted by Gasteiger charge is -2.14. The van der Waals surface area contributed by atoms with Crippen LogP contribution in [-0.4, -0.2) is 28.4 Å². The summed E-state index contributed by atoms with van der Waals surface area (Å²) in [4.78, 5) is 42.8. The number of carbonyl (C=O) groups excluding carboxylic acids is 2. The molecule has 4 aromatic rings. The van der Waals surface area contributed by atoms with E-state index in [1.165, 1.54) is 18.6 Å². The summed E-state index contributed by atoms with van der Waals surface area (Å²) < 4.78 is 6.76. The standard InChI is InChI=1S/C25H21N3O4/c1-16-3-8-22-20(13-16)25(31)21(24(30)17-9-11-26-12-10-17)14-28(22)15-23(29)27-18-4-6-19(32-2)7-5-18/h3-14H,15H2,1-2H3,(H,27,29). The third-order valence-corrected chi connectivity index (χ3v) is 5.11. The maximum absolute atomic E-state index is 13.1. The van der Waals surface area contributed by atoms with E-state index in [0.717, 1.165) is 5.56 Å². The van der Waals surface area contributed by atoms with Gasteiger partial charge in [-0.2, -0.15) is 0 Å². The van der Waals surface area contributed by atoms with Gasteiger partial charge in [-0.3, -0.25) is 19.4 Å². The summed E-state index contributed by atoms with van der Waals surface area (Å²) in [6, 6.07) is 15.5. The van der Waals surface area contributed by atoms with Crippen LogP contribution in [0.3, 0.4) is 0 Å². The summed E-state index contributed by atoms with van der Waals surface area (Å²) in [6.07, 6.45) is 4.45. The number of benzene rings is 2. The monoisotopic (exact) mass is 427 g/mol. The van der Waals surface area contributed by atoms with Crippen LogP contribution in [0.4, 0.5) is 5.69 Å². The summed E-state index contributed by atoms with van der Waals surface area (Å²) in [5.41, 5.74) is 2.08. The molecule has 2 aromatic carbocycles. The number of carbonyl (C=O) groups is 2. The van der Waals surface area contributed by atoms with Crippen LogP contribution in [0.2, 0.25) is 0 Å². The molecule has 0 fully saturated rings. The Morgan fingerprint density at radius 2 is 1.75 bits per heavy atom. The second kappa shape index (κ2) is 8.85. The SMILES string of the molecule is COc1ccc(NC(=O)Cn2cc(C(=O)c3ccncc3)c(=O)c3cc(C)ccc32)cc1. The molecule has 0 aliphatic rings. The van der Waals surface area contributed by atoms with E-state index in [4.69, 9.17) is 4.74 Å². The number of anilines is 1. The van der Waals surface area contributed by atoms with Crippen molar-refractivity contribution in [2.75, 3.05) is 12.4 Å².